The third-order valence-electron chi connectivity index (χ3n) is 5.47. The molecule has 10 heteroatoms. The monoisotopic (exact) mass is 473 g/mol. The Morgan fingerprint density at radius 3 is 2.44 bits per heavy atom. The highest BCUT2D eigenvalue weighted by Gasteiger charge is 2.30. The fourth-order valence-corrected chi connectivity index (χ4v) is 4.11. The van der Waals surface area contributed by atoms with Crippen LogP contribution >= 0.6 is 23.2 Å². The largest absolute Gasteiger partial charge is 0.439 e. The van der Waals surface area contributed by atoms with E-state index in [9.17, 15) is 9.59 Å². The number of ketones is 1. The molecule has 4 rings (SSSR count). The predicted molar refractivity (Wildman–Crippen MR) is 119 cm³/mol. The Morgan fingerprint density at radius 1 is 1.06 bits per heavy atom. The van der Waals surface area contributed by atoms with Crippen LogP contribution in [0.5, 0.6) is 0 Å². The van der Waals surface area contributed by atoms with Crippen LogP contribution in [0.3, 0.4) is 0 Å². The van der Waals surface area contributed by atoms with Gasteiger partial charge >= 0.3 is 6.09 Å². The molecule has 1 saturated heterocycles. The molecule has 0 N–H and O–H groups in total. The first-order valence-corrected chi connectivity index (χ1v) is 11.0. The summed E-state index contributed by atoms with van der Waals surface area (Å²) in [5.41, 5.74) is 1.29. The van der Waals surface area contributed by atoms with Crippen molar-refractivity contribution in [3.63, 3.8) is 0 Å². The van der Waals surface area contributed by atoms with Crippen molar-refractivity contribution in [3.8, 4) is 0 Å². The molecule has 1 aliphatic heterocycles. The number of piperidine rings is 1. The Bertz CT molecular complexity index is 1070. The number of hydrogen-bond acceptors (Lipinski definition) is 6. The number of aromatic nitrogens is 4. The van der Waals surface area contributed by atoms with Crippen molar-refractivity contribution in [3.05, 3.63) is 76.0 Å². The average molecular weight is 474 g/mol. The molecule has 8 nitrogen and oxygen atoms in total. The van der Waals surface area contributed by atoms with Gasteiger partial charge in [0.05, 0.1) is 0 Å². The van der Waals surface area contributed by atoms with Gasteiger partial charge < -0.3 is 9.64 Å². The molecule has 0 aliphatic carbocycles. The normalized spacial score (nSPS) is 15.4. The fraction of sp³-hybridized carbons (Fsp3) is 0.318. The number of hydrogen-bond donors (Lipinski definition) is 0. The maximum atomic E-state index is 12.9. The van der Waals surface area contributed by atoms with Crippen LogP contribution in [0.2, 0.25) is 10.0 Å². The Morgan fingerprint density at radius 2 is 1.78 bits per heavy atom. The molecule has 32 heavy (non-hydrogen) atoms. The summed E-state index contributed by atoms with van der Waals surface area (Å²) in [4.78, 5) is 28.6. The lowest BCUT2D eigenvalue weighted by molar-refractivity contribution is 0.0408. The molecule has 0 radical (unpaired) electrons. The summed E-state index contributed by atoms with van der Waals surface area (Å²) in [7, 11) is 0. The van der Waals surface area contributed by atoms with E-state index >= 15 is 0 Å². The van der Waals surface area contributed by atoms with Gasteiger partial charge in [0.25, 0.3) is 0 Å². The SMILES string of the molecule is O=C(c1ccc(Cl)cc1)C1CCN(C(=O)OC(Cn2ncnn2)c2ccccc2Cl)CC1. The lowest BCUT2D eigenvalue weighted by atomic mass is 9.89. The average Bonchev–Trinajstić information content (AvgIpc) is 3.32. The van der Waals surface area contributed by atoms with E-state index in [0.29, 0.717) is 47.1 Å². The Kier molecular flexibility index (Phi) is 7.02. The Labute approximate surface area is 195 Å². The van der Waals surface area contributed by atoms with Crippen LogP contribution in [0.15, 0.2) is 54.9 Å². The summed E-state index contributed by atoms with van der Waals surface area (Å²) in [6.45, 7) is 1.04. The van der Waals surface area contributed by atoms with E-state index in [1.54, 1.807) is 47.4 Å². The summed E-state index contributed by atoms with van der Waals surface area (Å²) in [5, 5.41) is 12.6. The third kappa shape index (κ3) is 5.26. The number of amides is 1. The van der Waals surface area contributed by atoms with Crippen molar-refractivity contribution in [1.82, 2.24) is 25.1 Å². The molecule has 1 atom stereocenters. The van der Waals surface area contributed by atoms with E-state index in [0.717, 1.165) is 0 Å². The van der Waals surface area contributed by atoms with Gasteiger partial charge in [-0.3, -0.25) is 4.79 Å². The summed E-state index contributed by atoms with van der Waals surface area (Å²) >= 11 is 12.2. The van der Waals surface area contributed by atoms with Gasteiger partial charge in [-0.25, -0.2) is 4.79 Å². The van der Waals surface area contributed by atoms with E-state index in [1.807, 2.05) is 6.07 Å². The van der Waals surface area contributed by atoms with Crippen molar-refractivity contribution < 1.29 is 14.3 Å². The number of tetrazole rings is 1. The number of likely N-dealkylation sites (tertiary alicyclic amines) is 1. The molecule has 1 unspecified atom stereocenters. The number of carbonyl (C=O) groups is 2. The summed E-state index contributed by atoms with van der Waals surface area (Å²) in [6, 6.07) is 14.1. The molecule has 1 aromatic heterocycles. The minimum absolute atomic E-state index is 0.0703. The van der Waals surface area contributed by atoms with Crippen LogP contribution in [-0.2, 0) is 11.3 Å². The second-order valence-electron chi connectivity index (χ2n) is 7.52. The lowest BCUT2D eigenvalue weighted by Crippen LogP contribution is -2.41. The van der Waals surface area contributed by atoms with E-state index in [-0.39, 0.29) is 18.2 Å². The quantitative estimate of drug-likeness (QED) is 0.491. The van der Waals surface area contributed by atoms with Crippen LogP contribution in [-0.4, -0.2) is 50.1 Å². The van der Waals surface area contributed by atoms with Crippen LogP contribution in [0.4, 0.5) is 4.79 Å². The summed E-state index contributed by atoms with van der Waals surface area (Å²) in [5.74, 6) is -0.0696. The maximum absolute atomic E-state index is 12.9. The highest BCUT2D eigenvalue weighted by molar-refractivity contribution is 6.31. The minimum atomic E-state index is -0.682. The summed E-state index contributed by atoms with van der Waals surface area (Å²) < 4.78 is 5.80. The van der Waals surface area contributed by atoms with Crippen molar-refractivity contribution in [1.29, 1.82) is 0 Å². The van der Waals surface area contributed by atoms with Crippen LogP contribution < -0.4 is 0 Å². The van der Waals surface area contributed by atoms with E-state index in [4.69, 9.17) is 27.9 Å². The zero-order valence-electron chi connectivity index (χ0n) is 17.1. The molecular weight excluding hydrogens is 453 g/mol. The second-order valence-corrected chi connectivity index (χ2v) is 8.36. The lowest BCUT2D eigenvalue weighted by Gasteiger charge is -2.32. The zero-order chi connectivity index (χ0) is 22.5. The first-order chi connectivity index (χ1) is 15.5. The van der Waals surface area contributed by atoms with E-state index in [1.165, 1.54) is 11.1 Å². The first kappa shape index (κ1) is 22.2. The van der Waals surface area contributed by atoms with Crippen molar-refractivity contribution in [2.75, 3.05) is 13.1 Å². The number of ether oxygens (including phenoxy) is 1. The van der Waals surface area contributed by atoms with Gasteiger partial charge in [-0.1, -0.05) is 41.4 Å². The smallest absolute Gasteiger partial charge is 0.410 e. The highest BCUT2D eigenvalue weighted by atomic mass is 35.5. The number of carbonyl (C=O) groups excluding carboxylic acids is 2. The van der Waals surface area contributed by atoms with Gasteiger partial charge in [0.15, 0.2) is 18.2 Å². The Hall–Kier alpha value is -2.97. The van der Waals surface area contributed by atoms with E-state index in [2.05, 4.69) is 15.4 Å². The number of rotatable bonds is 6. The molecule has 1 amide bonds. The van der Waals surface area contributed by atoms with Gasteiger partial charge in [0.1, 0.15) is 6.54 Å². The van der Waals surface area contributed by atoms with Crippen LogP contribution in [0, 0.1) is 5.92 Å². The maximum Gasteiger partial charge on any atom is 0.410 e. The van der Waals surface area contributed by atoms with Crippen molar-refractivity contribution >= 4 is 35.1 Å². The molecule has 0 saturated carbocycles. The van der Waals surface area contributed by atoms with Gasteiger partial charge in [-0.2, -0.15) is 4.80 Å². The van der Waals surface area contributed by atoms with Crippen LogP contribution in [0.25, 0.3) is 0 Å². The number of halogens is 2. The van der Waals surface area contributed by atoms with Gasteiger partial charge in [-0.05, 0) is 48.4 Å². The van der Waals surface area contributed by atoms with Crippen molar-refractivity contribution in [2.24, 2.45) is 5.92 Å². The fourth-order valence-electron chi connectivity index (χ4n) is 3.73. The van der Waals surface area contributed by atoms with Gasteiger partial charge in [0.2, 0.25) is 0 Å². The zero-order valence-corrected chi connectivity index (χ0v) is 18.6. The first-order valence-electron chi connectivity index (χ1n) is 10.2. The standard InChI is InChI=1S/C22H21Cl2N5O3/c23-17-7-5-15(6-8-17)21(30)16-9-11-28(12-10-16)22(31)32-20(13-29-26-14-25-27-29)18-3-1-2-4-19(18)24/h1-8,14,16,20H,9-13H2. The molecule has 0 bridgehead atoms. The van der Waals surface area contributed by atoms with E-state index < -0.39 is 12.2 Å². The highest BCUT2D eigenvalue weighted by Crippen LogP contribution is 2.29. The topological polar surface area (TPSA) is 90.2 Å². The molecule has 3 aromatic rings. The molecule has 166 valence electrons. The molecule has 0 spiro atoms. The minimum Gasteiger partial charge on any atom is -0.439 e. The Balaban J connectivity index is 1.39. The molecule has 1 aliphatic rings. The molecule has 2 heterocycles. The van der Waals surface area contributed by atoms with Crippen LogP contribution in [0.1, 0.15) is 34.9 Å². The number of benzene rings is 2. The molecular formula is C22H21Cl2N5O3. The molecule has 1 fully saturated rings. The number of Topliss-reactive ketones (excluding diaryl/α,β-unsaturated/α-hetero) is 1. The summed E-state index contributed by atoms with van der Waals surface area (Å²) in [6.07, 6.45) is 1.30. The number of nitrogens with zero attached hydrogens (tertiary/aromatic N) is 5. The van der Waals surface area contributed by atoms with Crippen molar-refractivity contribution in [2.45, 2.75) is 25.5 Å². The van der Waals surface area contributed by atoms with Gasteiger partial charge in [0, 0.05) is 40.2 Å². The molecule has 2 aromatic carbocycles. The van der Waals surface area contributed by atoms with Gasteiger partial charge in [-0.15, -0.1) is 10.2 Å². The third-order valence-corrected chi connectivity index (χ3v) is 6.06. The second kappa shape index (κ2) is 10.1. The predicted octanol–water partition coefficient (Wildman–Crippen LogP) is 4.45.